The summed E-state index contributed by atoms with van der Waals surface area (Å²) in [7, 11) is -3.39. The average Bonchev–Trinajstić information content (AvgIpc) is 3.33. The highest BCUT2D eigenvalue weighted by Gasteiger charge is 2.33. The highest BCUT2D eigenvalue weighted by Crippen LogP contribution is 2.37. The predicted octanol–water partition coefficient (Wildman–Crippen LogP) is 2.18. The molecule has 0 radical (unpaired) electrons. The van der Waals surface area contributed by atoms with E-state index in [1.807, 2.05) is 25.1 Å². The minimum Gasteiger partial charge on any atom is -0.310 e. The molecule has 4 nitrogen and oxygen atoms in total. The highest BCUT2D eigenvalue weighted by molar-refractivity contribution is 7.89. The van der Waals surface area contributed by atoms with Crippen LogP contribution in [-0.4, -0.2) is 21.0 Å². The van der Waals surface area contributed by atoms with E-state index in [0.717, 1.165) is 24.1 Å². The van der Waals surface area contributed by atoms with Gasteiger partial charge in [-0.3, -0.25) is 0 Å². The molecule has 0 amide bonds. The predicted molar refractivity (Wildman–Crippen MR) is 83.5 cm³/mol. The molecule has 5 heteroatoms. The molecule has 0 aliphatic heterocycles. The SMILES string of the molecule is Cc1ccc(CNC2CC2)cc1S(=O)(=O)NCC1CC1C. The van der Waals surface area contributed by atoms with Crippen molar-refractivity contribution in [1.29, 1.82) is 0 Å². The molecule has 2 saturated carbocycles. The zero-order chi connectivity index (χ0) is 15.0. The van der Waals surface area contributed by atoms with Gasteiger partial charge in [0, 0.05) is 19.1 Å². The first-order valence-corrected chi connectivity index (χ1v) is 9.26. The van der Waals surface area contributed by atoms with Crippen molar-refractivity contribution in [2.24, 2.45) is 11.8 Å². The third kappa shape index (κ3) is 3.84. The summed E-state index contributed by atoms with van der Waals surface area (Å²) in [5.41, 5.74) is 1.84. The van der Waals surface area contributed by atoms with E-state index < -0.39 is 10.0 Å². The van der Waals surface area contributed by atoms with Crippen LogP contribution in [0.5, 0.6) is 0 Å². The summed E-state index contributed by atoms with van der Waals surface area (Å²) < 4.78 is 27.7. The van der Waals surface area contributed by atoms with Crippen LogP contribution in [-0.2, 0) is 16.6 Å². The van der Waals surface area contributed by atoms with Crippen molar-refractivity contribution >= 4 is 10.0 Å². The molecule has 0 aromatic heterocycles. The van der Waals surface area contributed by atoms with Crippen LogP contribution in [0.3, 0.4) is 0 Å². The number of hydrogen-bond donors (Lipinski definition) is 2. The van der Waals surface area contributed by atoms with Crippen LogP contribution in [0.15, 0.2) is 23.1 Å². The van der Waals surface area contributed by atoms with Crippen molar-refractivity contribution in [2.75, 3.05) is 6.54 Å². The molecule has 2 unspecified atom stereocenters. The van der Waals surface area contributed by atoms with Gasteiger partial charge < -0.3 is 5.32 Å². The maximum atomic E-state index is 12.5. The van der Waals surface area contributed by atoms with E-state index in [1.54, 1.807) is 0 Å². The van der Waals surface area contributed by atoms with Gasteiger partial charge in [-0.15, -0.1) is 0 Å². The van der Waals surface area contributed by atoms with Gasteiger partial charge in [0.1, 0.15) is 0 Å². The van der Waals surface area contributed by atoms with Crippen LogP contribution in [0.25, 0.3) is 0 Å². The standard InChI is InChI=1S/C16H24N2O2S/c1-11-3-4-13(9-17-15-5-6-15)8-16(11)21(19,20)18-10-14-7-12(14)2/h3-4,8,12,14-15,17-18H,5-7,9-10H2,1-2H3. The summed E-state index contributed by atoms with van der Waals surface area (Å²) in [6.07, 6.45) is 3.60. The highest BCUT2D eigenvalue weighted by atomic mass is 32.2. The topological polar surface area (TPSA) is 58.2 Å². The van der Waals surface area contributed by atoms with Crippen molar-refractivity contribution in [3.8, 4) is 0 Å². The van der Waals surface area contributed by atoms with E-state index in [0.29, 0.717) is 29.3 Å². The van der Waals surface area contributed by atoms with Gasteiger partial charge in [0.25, 0.3) is 0 Å². The molecule has 2 atom stereocenters. The van der Waals surface area contributed by atoms with E-state index in [-0.39, 0.29) is 0 Å². The zero-order valence-electron chi connectivity index (χ0n) is 12.7. The molecule has 0 heterocycles. The Bertz CT molecular complexity index is 623. The zero-order valence-corrected chi connectivity index (χ0v) is 13.5. The molecular weight excluding hydrogens is 284 g/mol. The van der Waals surface area contributed by atoms with Gasteiger partial charge in [0.15, 0.2) is 0 Å². The van der Waals surface area contributed by atoms with Crippen LogP contribution >= 0.6 is 0 Å². The Morgan fingerprint density at radius 3 is 2.62 bits per heavy atom. The Kier molecular flexibility index (Phi) is 4.08. The smallest absolute Gasteiger partial charge is 0.240 e. The van der Waals surface area contributed by atoms with Crippen molar-refractivity contribution < 1.29 is 8.42 Å². The monoisotopic (exact) mass is 308 g/mol. The summed E-state index contributed by atoms with van der Waals surface area (Å²) in [5, 5.41) is 3.42. The molecule has 1 aromatic rings. The summed E-state index contributed by atoms with van der Waals surface area (Å²) in [6, 6.07) is 6.34. The summed E-state index contributed by atoms with van der Waals surface area (Å²) in [6.45, 7) is 5.32. The fourth-order valence-corrected chi connectivity index (χ4v) is 3.96. The molecule has 0 bridgehead atoms. The fraction of sp³-hybridized carbons (Fsp3) is 0.625. The van der Waals surface area contributed by atoms with Crippen LogP contribution in [0, 0.1) is 18.8 Å². The number of rotatable bonds is 7. The van der Waals surface area contributed by atoms with Crippen LogP contribution < -0.4 is 10.0 Å². The normalized spacial score (nSPS) is 25.0. The molecule has 2 aliphatic rings. The quantitative estimate of drug-likeness (QED) is 0.812. The number of sulfonamides is 1. The molecule has 1 aromatic carbocycles. The summed E-state index contributed by atoms with van der Waals surface area (Å²) in [5.74, 6) is 1.17. The largest absolute Gasteiger partial charge is 0.310 e. The number of hydrogen-bond acceptors (Lipinski definition) is 3. The van der Waals surface area contributed by atoms with Gasteiger partial charge in [-0.25, -0.2) is 13.1 Å². The third-order valence-electron chi connectivity index (χ3n) is 4.53. The first-order valence-electron chi connectivity index (χ1n) is 7.78. The van der Waals surface area contributed by atoms with E-state index in [9.17, 15) is 8.42 Å². The lowest BCUT2D eigenvalue weighted by atomic mass is 10.1. The molecule has 0 spiro atoms. The minimum atomic E-state index is -3.39. The van der Waals surface area contributed by atoms with Crippen molar-refractivity contribution in [2.45, 2.75) is 50.6 Å². The molecular formula is C16H24N2O2S. The van der Waals surface area contributed by atoms with Gasteiger partial charge in [-0.2, -0.15) is 0 Å². The second-order valence-corrected chi connectivity index (χ2v) is 8.32. The Morgan fingerprint density at radius 2 is 2.00 bits per heavy atom. The van der Waals surface area contributed by atoms with Crippen LogP contribution in [0.1, 0.15) is 37.3 Å². The maximum absolute atomic E-state index is 12.5. The van der Waals surface area contributed by atoms with Crippen LogP contribution in [0.4, 0.5) is 0 Å². The first kappa shape index (κ1) is 15.0. The molecule has 21 heavy (non-hydrogen) atoms. The Morgan fingerprint density at radius 1 is 1.29 bits per heavy atom. The van der Waals surface area contributed by atoms with Gasteiger partial charge in [0.2, 0.25) is 10.0 Å². The molecule has 2 aliphatic carbocycles. The molecule has 2 N–H and O–H groups in total. The molecule has 0 saturated heterocycles. The summed E-state index contributed by atoms with van der Waals surface area (Å²) >= 11 is 0. The number of aryl methyl sites for hydroxylation is 1. The Hall–Kier alpha value is -0.910. The first-order chi connectivity index (χ1) is 9.95. The number of benzene rings is 1. The molecule has 2 fully saturated rings. The van der Waals surface area contributed by atoms with Gasteiger partial charge in [0.05, 0.1) is 4.90 Å². The lowest BCUT2D eigenvalue weighted by molar-refractivity contribution is 0.573. The van der Waals surface area contributed by atoms with E-state index in [4.69, 9.17) is 0 Å². The van der Waals surface area contributed by atoms with Crippen molar-refractivity contribution in [3.05, 3.63) is 29.3 Å². The third-order valence-corrected chi connectivity index (χ3v) is 6.09. The second-order valence-electron chi connectivity index (χ2n) is 6.58. The van der Waals surface area contributed by atoms with Crippen LogP contribution in [0.2, 0.25) is 0 Å². The van der Waals surface area contributed by atoms with E-state index >= 15 is 0 Å². The lowest BCUT2D eigenvalue weighted by Crippen LogP contribution is -2.27. The van der Waals surface area contributed by atoms with Crippen molar-refractivity contribution in [3.63, 3.8) is 0 Å². The van der Waals surface area contributed by atoms with E-state index in [1.165, 1.54) is 12.8 Å². The van der Waals surface area contributed by atoms with Gasteiger partial charge >= 0.3 is 0 Å². The van der Waals surface area contributed by atoms with Gasteiger partial charge in [-0.05, 0) is 55.2 Å². The second kappa shape index (κ2) is 5.71. The number of nitrogens with one attached hydrogen (secondary N) is 2. The lowest BCUT2D eigenvalue weighted by Gasteiger charge is -2.11. The van der Waals surface area contributed by atoms with Crippen molar-refractivity contribution in [1.82, 2.24) is 10.0 Å². The van der Waals surface area contributed by atoms with E-state index in [2.05, 4.69) is 17.0 Å². The Labute approximate surface area is 127 Å². The average molecular weight is 308 g/mol. The molecule has 116 valence electrons. The minimum absolute atomic E-state index is 0.422. The molecule has 3 rings (SSSR count). The maximum Gasteiger partial charge on any atom is 0.240 e. The fourth-order valence-electron chi connectivity index (χ4n) is 2.57. The summed E-state index contributed by atoms with van der Waals surface area (Å²) in [4.78, 5) is 0.422. The van der Waals surface area contributed by atoms with Gasteiger partial charge in [-0.1, -0.05) is 19.1 Å². The Balaban J connectivity index is 1.70.